The van der Waals surface area contributed by atoms with Crippen molar-refractivity contribution in [1.82, 2.24) is 24.6 Å². The van der Waals surface area contributed by atoms with Gasteiger partial charge in [-0.3, -0.25) is 4.68 Å². The second-order valence-electron chi connectivity index (χ2n) is 4.52. The van der Waals surface area contributed by atoms with Gasteiger partial charge in [-0.25, -0.2) is 14.8 Å². The lowest BCUT2D eigenvalue weighted by Crippen LogP contribution is -2.18. The molecule has 0 unspecified atom stereocenters. The average Bonchev–Trinajstić information content (AvgIpc) is 2.84. The summed E-state index contributed by atoms with van der Waals surface area (Å²) in [7, 11) is 4.00. The lowest BCUT2D eigenvalue weighted by atomic mass is 10.3. The number of nitrogens with one attached hydrogen (secondary N) is 1. The molecule has 0 bridgehead atoms. The fourth-order valence-electron chi connectivity index (χ4n) is 1.48. The lowest BCUT2D eigenvalue weighted by molar-refractivity contribution is 0.0696. The number of carboxylic acids is 1. The second kappa shape index (κ2) is 6.11. The number of carboxylic acid groups (broad SMARTS) is 1. The third kappa shape index (κ3) is 3.75. The number of hydrogen-bond donors (Lipinski definition) is 2. The highest BCUT2D eigenvalue weighted by Gasteiger charge is 2.05. The molecule has 2 heterocycles. The van der Waals surface area contributed by atoms with Crippen LogP contribution in [0, 0.1) is 0 Å². The van der Waals surface area contributed by atoms with Crippen LogP contribution in [0.5, 0.6) is 0 Å². The Kier molecular flexibility index (Phi) is 4.26. The van der Waals surface area contributed by atoms with Crippen molar-refractivity contribution in [3.8, 4) is 0 Å². The Bertz CT molecular complexity index is 578. The molecule has 8 nitrogen and oxygen atoms in total. The van der Waals surface area contributed by atoms with Crippen molar-refractivity contribution in [2.75, 3.05) is 26.0 Å². The molecule has 0 amide bonds. The van der Waals surface area contributed by atoms with Gasteiger partial charge in [0.05, 0.1) is 24.0 Å². The van der Waals surface area contributed by atoms with Crippen molar-refractivity contribution in [3.05, 3.63) is 30.4 Å². The third-order valence-corrected chi connectivity index (χ3v) is 2.56. The first-order valence-electron chi connectivity index (χ1n) is 6.04. The highest BCUT2D eigenvalue weighted by atomic mass is 16.4. The highest BCUT2D eigenvalue weighted by molar-refractivity contribution is 5.86. The third-order valence-electron chi connectivity index (χ3n) is 2.56. The normalized spacial score (nSPS) is 10.8. The van der Waals surface area contributed by atoms with E-state index in [1.807, 2.05) is 25.0 Å². The van der Waals surface area contributed by atoms with Gasteiger partial charge in [-0.15, -0.1) is 0 Å². The van der Waals surface area contributed by atoms with Gasteiger partial charge in [-0.1, -0.05) is 0 Å². The Morgan fingerprint density at radius 2 is 2.05 bits per heavy atom. The fourth-order valence-corrected chi connectivity index (χ4v) is 1.48. The minimum Gasteiger partial charge on any atom is -0.478 e. The molecule has 2 aromatic heterocycles. The first-order valence-corrected chi connectivity index (χ1v) is 6.04. The molecule has 0 aliphatic heterocycles. The Hall–Kier alpha value is -2.48. The van der Waals surface area contributed by atoms with Crippen LogP contribution in [0.3, 0.4) is 0 Å². The number of aromatic nitrogens is 4. The summed E-state index contributed by atoms with van der Waals surface area (Å²) in [6, 6.07) is 0. The quantitative estimate of drug-likeness (QED) is 0.800. The fraction of sp³-hybridized carbons (Fsp3) is 0.333. The molecule has 20 heavy (non-hydrogen) atoms. The standard InChI is InChI=1S/C12H16N6O2/c1-17(2)3-4-18-8-10(7-15-18)16-12-13-5-9(6-14-12)11(19)20/h5-8H,3-4H2,1-2H3,(H,19,20)(H,13,14,16). The molecule has 0 saturated heterocycles. The molecule has 2 N–H and O–H groups in total. The molecule has 0 aliphatic carbocycles. The van der Waals surface area contributed by atoms with Crippen LogP contribution in [-0.4, -0.2) is 56.4 Å². The SMILES string of the molecule is CN(C)CCn1cc(Nc2ncc(C(=O)O)cn2)cn1. The largest absolute Gasteiger partial charge is 0.478 e. The molecule has 0 aromatic carbocycles. The molecule has 2 rings (SSSR count). The summed E-state index contributed by atoms with van der Waals surface area (Å²) in [6.07, 6.45) is 6.03. The Morgan fingerprint density at radius 3 is 2.65 bits per heavy atom. The summed E-state index contributed by atoms with van der Waals surface area (Å²) >= 11 is 0. The second-order valence-corrected chi connectivity index (χ2v) is 4.52. The summed E-state index contributed by atoms with van der Waals surface area (Å²) in [5, 5.41) is 15.9. The summed E-state index contributed by atoms with van der Waals surface area (Å²) in [5.74, 6) is -0.713. The maximum Gasteiger partial charge on any atom is 0.338 e. The minimum absolute atomic E-state index is 0.0530. The Morgan fingerprint density at radius 1 is 1.35 bits per heavy atom. The van der Waals surface area contributed by atoms with Crippen molar-refractivity contribution in [1.29, 1.82) is 0 Å². The zero-order valence-electron chi connectivity index (χ0n) is 11.3. The van der Waals surface area contributed by atoms with Crippen molar-refractivity contribution in [3.63, 3.8) is 0 Å². The molecule has 0 fully saturated rings. The molecular weight excluding hydrogens is 260 g/mol. The number of anilines is 2. The summed E-state index contributed by atoms with van der Waals surface area (Å²) in [5.41, 5.74) is 0.809. The van der Waals surface area contributed by atoms with Gasteiger partial charge in [0.15, 0.2) is 0 Å². The molecule has 0 radical (unpaired) electrons. The zero-order valence-corrected chi connectivity index (χ0v) is 11.3. The molecule has 2 aromatic rings. The van der Waals surface area contributed by atoms with E-state index in [4.69, 9.17) is 5.11 Å². The van der Waals surface area contributed by atoms with Crippen molar-refractivity contribution >= 4 is 17.6 Å². The van der Waals surface area contributed by atoms with E-state index in [0.717, 1.165) is 18.8 Å². The average molecular weight is 276 g/mol. The van der Waals surface area contributed by atoms with Crippen molar-refractivity contribution in [2.24, 2.45) is 0 Å². The van der Waals surface area contributed by atoms with E-state index in [1.54, 1.807) is 6.20 Å². The number of likely N-dealkylation sites (N-methyl/N-ethyl adjacent to an activating group) is 1. The van der Waals surface area contributed by atoms with Gasteiger partial charge in [0, 0.05) is 25.1 Å². The molecule has 0 saturated carbocycles. The zero-order chi connectivity index (χ0) is 14.5. The van der Waals surface area contributed by atoms with Gasteiger partial charge in [0.25, 0.3) is 0 Å². The van der Waals surface area contributed by atoms with Crippen molar-refractivity contribution in [2.45, 2.75) is 6.54 Å². The van der Waals surface area contributed by atoms with Crippen LogP contribution in [0.15, 0.2) is 24.8 Å². The molecule has 8 heteroatoms. The van der Waals surface area contributed by atoms with Crippen LogP contribution in [0.4, 0.5) is 11.6 Å². The number of rotatable bonds is 6. The molecule has 106 valence electrons. The van der Waals surface area contributed by atoms with Crippen molar-refractivity contribution < 1.29 is 9.90 Å². The van der Waals surface area contributed by atoms with Crippen LogP contribution in [0.1, 0.15) is 10.4 Å². The van der Waals surface area contributed by atoms with Crippen LogP contribution in [0.2, 0.25) is 0 Å². The molecule has 0 atom stereocenters. The highest BCUT2D eigenvalue weighted by Crippen LogP contribution is 2.11. The molecule has 0 aliphatic rings. The van der Waals surface area contributed by atoms with Gasteiger partial charge >= 0.3 is 5.97 Å². The van der Waals surface area contributed by atoms with Gasteiger partial charge in [-0.05, 0) is 14.1 Å². The summed E-state index contributed by atoms with van der Waals surface area (Å²) in [6.45, 7) is 1.68. The first kappa shape index (κ1) is 13.9. The maximum absolute atomic E-state index is 10.7. The molecule has 0 spiro atoms. The predicted octanol–water partition coefficient (Wildman–Crippen LogP) is 0.676. The summed E-state index contributed by atoms with van der Waals surface area (Å²) < 4.78 is 1.81. The monoisotopic (exact) mass is 276 g/mol. The lowest BCUT2D eigenvalue weighted by Gasteiger charge is -2.08. The maximum atomic E-state index is 10.7. The van der Waals surface area contributed by atoms with Gasteiger partial charge < -0.3 is 15.3 Å². The van der Waals surface area contributed by atoms with E-state index in [0.29, 0.717) is 5.95 Å². The van der Waals surface area contributed by atoms with Gasteiger partial charge in [0.2, 0.25) is 5.95 Å². The van der Waals surface area contributed by atoms with E-state index in [2.05, 4.69) is 25.3 Å². The van der Waals surface area contributed by atoms with E-state index in [1.165, 1.54) is 12.4 Å². The number of hydrogen-bond acceptors (Lipinski definition) is 6. The predicted molar refractivity (Wildman–Crippen MR) is 73.1 cm³/mol. The smallest absolute Gasteiger partial charge is 0.338 e. The van der Waals surface area contributed by atoms with Gasteiger partial charge in [-0.2, -0.15) is 5.10 Å². The van der Waals surface area contributed by atoms with Crippen LogP contribution in [0.25, 0.3) is 0 Å². The topological polar surface area (TPSA) is 96.2 Å². The Labute approximate surface area is 116 Å². The van der Waals surface area contributed by atoms with E-state index < -0.39 is 5.97 Å². The van der Waals surface area contributed by atoms with Crippen LogP contribution in [-0.2, 0) is 6.54 Å². The summed E-state index contributed by atoms with van der Waals surface area (Å²) in [4.78, 5) is 20.6. The van der Waals surface area contributed by atoms with Gasteiger partial charge in [0.1, 0.15) is 0 Å². The van der Waals surface area contributed by atoms with E-state index >= 15 is 0 Å². The number of aromatic carboxylic acids is 1. The minimum atomic E-state index is -1.05. The number of carbonyl (C=O) groups is 1. The Balaban J connectivity index is 1.97. The first-order chi connectivity index (χ1) is 9.54. The van der Waals surface area contributed by atoms with Crippen LogP contribution < -0.4 is 5.32 Å². The molecular formula is C12H16N6O2. The van der Waals surface area contributed by atoms with E-state index in [-0.39, 0.29) is 5.56 Å². The van der Waals surface area contributed by atoms with Crippen LogP contribution >= 0.6 is 0 Å². The van der Waals surface area contributed by atoms with E-state index in [9.17, 15) is 4.79 Å². The number of nitrogens with zero attached hydrogens (tertiary/aromatic N) is 5.